The van der Waals surface area contributed by atoms with E-state index in [1.54, 1.807) is 0 Å². The van der Waals surface area contributed by atoms with Crippen molar-refractivity contribution in [1.82, 2.24) is 9.55 Å². The van der Waals surface area contributed by atoms with Crippen LogP contribution in [0, 0.1) is 3.70 Å². The molecule has 1 atom stereocenters. The Morgan fingerprint density at radius 2 is 2.50 bits per heavy atom. The van der Waals surface area contributed by atoms with Crippen LogP contribution < -0.4 is 0 Å². The van der Waals surface area contributed by atoms with Crippen LogP contribution in [0.1, 0.15) is 25.5 Å². The SMILES string of the molecule is Ic1cn(C2CCCCO2)cn1. The predicted molar refractivity (Wildman–Crippen MR) is 53.8 cm³/mol. The van der Waals surface area contributed by atoms with Gasteiger partial charge >= 0.3 is 0 Å². The smallest absolute Gasteiger partial charge is 0.134 e. The molecule has 1 fully saturated rings. The molecule has 0 spiro atoms. The molecular weight excluding hydrogens is 267 g/mol. The molecule has 1 saturated heterocycles. The second-order valence-corrected chi connectivity index (χ2v) is 4.07. The number of halogens is 1. The van der Waals surface area contributed by atoms with E-state index in [0.717, 1.165) is 16.7 Å². The predicted octanol–water partition coefficient (Wildman–Crippen LogP) is 2.19. The number of ether oxygens (including phenoxy) is 1. The molecule has 0 saturated carbocycles. The van der Waals surface area contributed by atoms with Crippen molar-refractivity contribution in [2.45, 2.75) is 25.5 Å². The lowest BCUT2D eigenvalue weighted by atomic mass is 10.2. The van der Waals surface area contributed by atoms with E-state index in [1.807, 2.05) is 12.5 Å². The molecule has 1 aromatic rings. The third-order valence-electron chi connectivity index (χ3n) is 2.06. The minimum absolute atomic E-state index is 0.231. The van der Waals surface area contributed by atoms with Gasteiger partial charge in [-0.05, 0) is 41.9 Å². The number of hydrogen-bond donors (Lipinski definition) is 0. The first kappa shape index (κ1) is 8.50. The van der Waals surface area contributed by atoms with E-state index >= 15 is 0 Å². The third-order valence-corrected chi connectivity index (χ3v) is 2.62. The standard InChI is InChI=1S/C8H11IN2O/c9-7-5-11(6-10-7)8-3-1-2-4-12-8/h5-6,8H,1-4H2. The van der Waals surface area contributed by atoms with Crippen LogP contribution in [0.25, 0.3) is 0 Å². The van der Waals surface area contributed by atoms with Crippen molar-refractivity contribution in [2.75, 3.05) is 6.61 Å². The van der Waals surface area contributed by atoms with Crippen molar-refractivity contribution >= 4 is 22.6 Å². The van der Waals surface area contributed by atoms with Crippen molar-refractivity contribution in [2.24, 2.45) is 0 Å². The highest BCUT2D eigenvalue weighted by Crippen LogP contribution is 2.22. The monoisotopic (exact) mass is 278 g/mol. The van der Waals surface area contributed by atoms with Gasteiger partial charge in [0.05, 0.1) is 6.33 Å². The van der Waals surface area contributed by atoms with Gasteiger partial charge in [0.1, 0.15) is 9.93 Å². The van der Waals surface area contributed by atoms with Gasteiger partial charge in [0.2, 0.25) is 0 Å². The molecular formula is C8H11IN2O. The molecule has 0 amide bonds. The fourth-order valence-corrected chi connectivity index (χ4v) is 1.87. The average Bonchev–Trinajstić information content (AvgIpc) is 2.54. The fourth-order valence-electron chi connectivity index (χ4n) is 1.43. The van der Waals surface area contributed by atoms with Crippen LogP contribution in [0.3, 0.4) is 0 Å². The van der Waals surface area contributed by atoms with Crippen molar-refractivity contribution in [3.63, 3.8) is 0 Å². The first-order chi connectivity index (χ1) is 5.86. The van der Waals surface area contributed by atoms with Gasteiger partial charge in [0, 0.05) is 12.8 Å². The van der Waals surface area contributed by atoms with E-state index in [0.29, 0.717) is 0 Å². The molecule has 0 aromatic carbocycles. The van der Waals surface area contributed by atoms with Gasteiger partial charge in [-0.25, -0.2) is 4.98 Å². The molecule has 12 heavy (non-hydrogen) atoms. The molecule has 2 heterocycles. The van der Waals surface area contributed by atoms with E-state index in [4.69, 9.17) is 4.74 Å². The molecule has 0 radical (unpaired) electrons. The second-order valence-electron chi connectivity index (χ2n) is 2.96. The zero-order valence-electron chi connectivity index (χ0n) is 6.74. The van der Waals surface area contributed by atoms with E-state index < -0.39 is 0 Å². The summed E-state index contributed by atoms with van der Waals surface area (Å²) in [5.74, 6) is 0. The molecule has 1 unspecified atom stereocenters. The van der Waals surface area contributed by atoms with Gasteiger partial charge in [-0.2, -0.15) is 0 Å². The van der Waals surface area contributed by atoms with Gasteiger partial charge in [0.15, 0.2) is 0 Å². The van der Waals surface area contributed by atoms with E-state index in [2.05, 4.69) is 32.1 Å². The van der Waals surface area contributed by atoms with E-state index in [1.165, 1.54) is 12.8 Å². The molecule has 0 N–H and O–H groups in total. The van der Waals surface area contributed by atoms with Crippen LogP contribution in [-0.4, -0.2) is 16.2 Å². The summed E-state index contributed by atoms with van der Waals surface area (Å²) in [6.07, 6.45) is 7.68. The van der Waals surface area contributed by atoms with Gasteiger partial charge in [-0.3, -0.25) is 0 Å². The van der Waals surface area contributed by atoms with Crippen LogP contribution in [0.2, 0.25) is 0 Å². The van der Waals surface area contributed by atoms with Gasteiger partial charge in [0.25, 0.3) is 0 Å². The van der Waals surface area contributed by atoms with Crippen molar-refractivity contribution in [1.29, 1.82) is 0 Å². The Kier molecular flexibility index (Phi) is 2.65. The first-order valence-electron chi connectivity index (χ1n) is 4.17. The quantitative estimate of drug-likeness (QED) is 0.736. The number of hydrogen-bond acceptors (Lipinski definition) is 2. The van der Waals surface area contributed by atoms with Gasteiger partial charge in [-0.15, -0.1) is 0 Å². The Balaban J connectivity index is 2.08. The Morgan fingerprint density at radius 3 is 3.08 bits per heavy atom. The Labute approximate surface area is 85.3 Å². The molecule has 1 aliphatic rings. The molecule has 3 nitrogen and oxygen atoms in total. The lowest BCUT2D eigenvalue weighted by molar-refractivity contribution is -0.0320. The lowest BCUT2D eigenvalue weighted by Gasteiger charge is -2.23. The first-order valence-corrected chi connectivity index (χ1v) is 5.25. The Bertz CT molecular complexity index is 255. The van der Waals surface area contributed by atoms with Crippen LogP contribution in [0.4, 0.5) is 0 Å². The number of aromatic nitrogens is 2. The summed E-state index contributed by atoms with van der Waals surface area (Å²) in [5, 5.41) is 0. The summed E-state index contributed by atoms with van der Waals surface area (Å²) >= 11 is 2.21. The number of nitrogens with zero attached hydrogens (tertiary/aromatic N) is 2. The molecule has 4 heteroatoms. The maximum atomic E-state index is 5.60. The van der Waals surface area contributed by atoms with E-state index in [9.17, 15) is 0 Å². The van der Waals surface area contributed by atoms with E-state index in [-0.39, 0.29) is 6.23 Å². The molecule has 1 aromatic heterocycles. The normalized spacial score (nSPS) is 24.2. The maximum Gasteiger partial charge on any atom is 0.134 e. The van der Waals surface area contributed by atoms with Crippen LogP contribution in [0.15, 0.2) is 12.5 Å². The largest absolute Gasteiger partial charge is 0.358 e. The summed E-state index contributed by atoms with van der Waals surface area (Å²) in [7, 11) is 0. The minimum Gasteiger partial charge on any atom is -0.358 e. The molecule has 0 bridgehead atoms. The minimum atomic E-state index is 0.231. The van der Waals surface area contributed by atoms with Gasteiger partial charge < -0.3 is 9.30 Å². The number of rotatable bonds is 1. The highest BCUT2D eigenvalue weighted by Gasteiger charge is 2.14. The average molecular weight is 278 g/mol. The van der Waals surface area contributed by atoms with Crippen molar-refractivity contribution in [3.05, 3.63) is 16.2 Å². The molecule has 66 valence electrons. The summed E-state index contributed by atoms with van der Waals surface area (Å²) in [6, 6.07) is 0. The molecule has 2 rings (SSSR count). The van der Waals surface area contributed by atoms with Crippen molar-refractivity contribution in [3.8, 4) is 0 Å². The summed E-state index contributed by atoms with van der Waals surface area (Å²) in [5.41, 5.74) is 0. The Morgan fingerprint density at radius 1 is 1.58 bits per heavy atom. The summed E-state index contributed by atoms with van der Waals surface area (Å²) in [6.45, 7) is 0.888. The van der Waals surface area contributed by atoms with Crippen molar-refractivity contribution < 1.29 is 4.74 Å². The number of imidazole rings is 1. The third kappa shape index (κ3) is 1.80. The van der Waals surface area contributed by atoms with Gasteiger partial charge in [-0.1, -0.05) is 0 Å². The zero-order chi connectivity index (χ0) is 8.39. The zero-order valence-corrected chi connectivity index (χ0v) is 8.90. The summed E-state index contributed by atoms with van der Waals surface area (Å²) in [4.78, 5) is 4.16. The highest BCUT2D eigenvalue weighted by atomic mass is 127. The lowest BCUT2D eigenvalue weighted by Crippen LogP contribution is -2.16. The molecule has 0 aliphatic carbocycles. The summed E-state index contributed by atoms with van der Waals surface area (Å²) < 4.78 is 8.68. The highest BCUT2D eigenvalue weighted by molar-refractivity contribution is 14.1. The Hall–Kier alpha value is -0.100. The maximum absolute atomic E-state index is 5.60. The molecule has 1 aliphatic heterocycles. The topological polar surface area (TPSA) is 27.1 Å². The van der Waals surface area contributed by atoms with Crippen LogP contribution in [0.5, 0.6) is 0 Å². The van der Waals surface area contributed by atoms with Crippen LogP contribution in [-0.2, 0) is 4.74 Å². The van der Waals surface area contributed by atoms with Crippen LogP contribution >= 0.6 is 22.6 Å². The second kappa shape index (κ2) is 3.74. The fraction of sp³-hybridized carbons (Fsp3) is 0.625.